The fraction of sp³-hybridized carbons (Fsp3) is 0.312. The van der Waals surface area contributed by atoms with E-state index >= 15 is 0 Å². The van der Waals surface area contributed by atoms with E-state index in [0.29, 0.717) is 17.3 Å². The topological polar surface area (TPSA) is 64.1 Å². The van der Waals surface area contributed by atoms with E-state index in [1.165, 1.54) is 23.1 Å². The predicted molar refractivity (Wildman–Crippen MR) is 95.3 cm³/mol. The van der Waals surface area contributed by atoms with Crippen LogP contribution >= 0.6 is 23.1 Å². The predicted octanol–water partition coefficient (Wildman–Crippen LogP) is 3.92. The van der Waals surface area contributed by atoms with Crippen LogP contribution in [0.1, 0.15) is 18.9 Å². The fourth-order valence-electron chi connectivity index (χ4n) is 1.81. The highest BCUT2D eigenvalue weighted by Gasteiger charge is 2.20. The molecule has 1 atom stereocenters. The van der Waals surface area contributed by atoms with Gasteiger partial charge in [-0.3, -0.25) is 10.1 Å². The molecule has 0 fully saturated rings. The molecule has 7 heteroatoms. The monoisotopic (exact) mass is 349 g/mol. The largest absolute Gasteiger partial charge is 0.481 e. The van der Waals surface area contributed by atoms with E-state index in [0.717, 1.165) is 15.7 Å². The van der Waals surface area contributed by atoms with Crippen molar-refractivity contribution in [3.63, 3.8) is 0 Å². The average Bonchev–Trinajstić information content (AvgIpc) is 2.98. The molecule has 2 aromatic rings. The smallest absolute Gasteiger partial charge is 0.267 e. The van der Waals surface area contributed by atoms with Crippen LogP contribution in [0, 0.1) is 6.92 Å². The first kappa shape index (κ1) is 17.5. The van der Waals surface area contributed by atoms with E-state index < -0.39 is 6.10 Å². The van der Waals surface area contributed by atoms with Crippen molar-refractivity contribution >= 4 is 34.1 Å². The third-order valence-corrected chi connectivity index (χ3v) is 4.86. The summed E-state index contributed by atoms with van der Waals surface area (Å²) in [5.74, 6) is 1.23. The zero-order valence-corrected chi connectivity index (χ0v) is 14.7. The number of aryl methyl sites for hydroxylation is 1. The highest BCUT2D eigenvalue weighted by atomic mass is 32.2. The van der Waals surface area contributed by atoms with E-state index in [-0.39, 0.29) is 5.91 Å². The van der Waals surface area contributed by atoms with E-state index in [2.05, 4.69) is 22.1 Å². The van der Waals surface area contributed by atoms with Crippen molar-refractivity contribution in [2.24, 2.45) is 0 Å². The zero-order valence-electron chi connectivity index (χ0n) is 13.1. The number of nitrogens with one attached hydrogen (secondary N) is 1. The van der Waals surface area contributed by atoms with Crippen molar-refractivity contribution < 1.29 is 9.53 Å². The molecule has 0 radical (unpaired) electrons. The van der Waals surface area contributed by atoms with Crippen LogP contribution in [0.25, 0.3) is 0 Å². The summed E-state index contributed by atoms with van der Waals surface area (Å²) in [6, 6.07) is 7.64. The summed E-state index contributed by atoms with van der Waals surface area (Å²) in [6.45, 7) is 7.55. The van der Waals surface area contributed by atoms with Crippen LogP contribution in [-0.2, 0) is 4.79 Å². The Morgan fingerprint density at radius 1 is 1.52 bits per heavy atom. The van der Waals surface area contributed by atoms with Crippen molar-refractivity contribution in [2.75, 3.05) is 11.1 Å². The SMILES string of the molecule is C=CCSc1nnc(NC(=O)C(CC)Oc2cccc(C)c2)s1. The van der Waals surface area contributed by atoms with Crippen LogP contribution in [0.5, 0.6) is 5.75 Å². The van der Waals surface area contributed by atoms with Gasteiger partial charge in [0.05, 0.1) is 0 Å². The summed E-state index contributed by atoms with van der Waals surface area (Å²) >= 11 is 2.87. The number of hydrogen-bond donors (Lipinski definition) is 1. The van der Waals surface area contributed by atoms with Gasteiger partial charge in [0.1, 0.15) is 5.75 Å². The maximum Gasteiger partial charge on any atom is 0.267 e. The molecule has 1 N–H and O–H groups in total. The van der Waals surface area contributed by atoms with Gasteiger partial charge >= 0.3 is 0 Å². The van der Waals surface area contributed by atoms with Gasteiger partial charge in [0.15, 0.2) is 10.4 Å². The molecule has 0 aliphatic carbocycles. The first-order valence-electron chi connectivity index (χ1n) is 7.23. The quantitative estimate of drug-likeness (QED) is 0.444. The molecule has 122 valence electrons. The molecule has 0 bridgehead atoms. The van der Waals surface area contributed by atoms with Gasteiger partial charge < -0.3 is 4.74 Å². The third-order valence-electron chi connectivity index (χ3n) is 2.89. The molecule has 0 aliphatic rings. The van der Waals surface area contributed by atoms with E-state index in [1.807, 2.05) is 38.1 Å². The second kappa shape index (κ2) is 8.69. The molecule has 5 nitrogen and oxygen atoms in total. The number of carbonyl (C=O) groups is 1. The number of amides is 1. The van der Waals surface area contributed by atoms with Crippen LogP contribution in [0.2, 0.25) is 0 Å². The zero-order chi connectivity index (χ0) is 16.7. The van der Waals surface area contributed by atoms with Gasteiger partial charge in [0.2, 0.25) is 5.13 Å². The number of nitrogens with zero attached hydrogens (tertiary/aromatic N) is 2. The van der Waals surface area contributed by atoms with Crippen molar-refractivity contribution in [3.8, 4) is 5.75 Å². The average molecular weight is 349 g/mol. The second-order valence-electron chi connectivity index (χ2n) is 4.79. The van der Waals surface area contributed by atoms with E-state index in [9.17, 15) is 4.79 Å². The summed E-state index contributed by atoms with van der Waals surface area (Å²) in [6.07, 6.45) is 1.80. The maximum atomic E-state index is 12.3. The van der Waals surface area contributed by atoms with Gasteiger partial charge in [-0.2, -0.15) is 0 Å². The molecule has 1 aromatic heterocycles. The number of hydrogen-bond acceptors (Lipinski definition) is 6. The Balaban J connectivity index is 1.96. The van der Waals surface area contributed by atoms with Crippen LogP contribution in [0.4, 0.5) is 5.13 Å². The first-order chi connectivity index (χ1) is 11.1. The van der Waals surface area contributed by atoms with Gasteiger partial charge in [0, 0.05) is 5.75 Å². The molecule has 2 rings (SSSR count). The minimum absolute atomic E-state index is 0.217. The van der Waals surface area contributed by atoms with E-state index in [4.69, 9.17) is 4.74 Å². The Labute approximate surface area is 144 Å². The maximum absolute atomic E-state index is 12.3. The summed E-state index contributed by atoms with van der Waals surface area (Å²) < 4.78 is 6.58. The number of benzene rings is 1. The Kier molecular flexibility index (Phi) is 6.61. The number of ether oxygens (including phenoxy) is 1. The molecule has 1 aromatic carbocycles. The molecule has 0 spiro atoms. The van der Waals surface area contributed by atoms with E-state index in [1.54, 1.807) is 6.08 Å². The van der Waals surface area contributed by atoms with Crippen LogP contribution in [0.3, 0.4) is 0 Å². The van der Waals surface area contributed by atoms with Gasteiger partial charge in [0.25, 0.3) is 5.91 Å². The third kappa shape index (κ3) is 5.37. The molecular weight excluding hydrogens is 330 g/mol. The molecular formula is C16H19N3O2S2. The molecule has 0 saturated carbocycles. The molecule has 0 saturated heterocycles. The summed E-state index contributed by atoms with van der Waals surface area (Å²) in [4.78, 5) is 12.3. The molecule has 1 heterocycles. The molecule has 1 amide bonds. The standard InChI is InChI=1S/C16H19N3O2S2/c1-4-9-22-16-19-18-15(23-16)17-14(20)13(5-2)21-12-8-6-7-11(3)10-12/h4,6-8,10,13H,1,5,9H2,2-3H3,(H,17,18,20). The minimum Gasteiger partial charge on any atom is -0.481 e. The Hall–Kier alpha value is -1.86. The van der Waals surface area contributed by atoms with Crippen molar-refractivity contribution in [3.05, 3.63) is 42.5 Å². The Morgan fingerprint density at radius 3 is 3.04 bits per heavy atom. The van der Waals surface area contributed by atoms with Crippen molar-refractivity contribution in [1.29, 1.82) is 0 Å². The Bertz CT molecular complexity index is 673. The summed E-state index contributed by atoms with van der Waals surface area (Å²) in [5.41, 5.74) is 1.09. The number of rotatable bonds is 8. The number of thioether (sulfide) groups is 1. The minimum atomic E-state index is -0.565. The lowest BCUT2D eigenvalue weighted by Gasteiger charge is -2.16. The normalized spacial score (nSPS) is 11.7. The Morgan fingerprint density at radius 2 is 2.35 bits per heavy atom. The van der Waals surface area contributed by atoms with Gasteiger partial charge in [-0.25, -0.2) is 0 Å². The highest BCUT2D eigenvalue weighted by Crippen LogP contribution is 2.25. The number of carbonyl (C=O) groups excluding carboxylic acids is 1. The highest BCUT2D eigenvalue weighted by molar-refractivity contribution is 8.01. The van der Waals surface area contributed by atoms with Crippen LogP contribution < -0.4 is 10.1 Å². The summed E-state index contributed by atoms with van der Waals surface area (Å²) in [5, 5.41) is 11.2. The molecule has 1 unspecified atom stereocenters. The number of anilines is 1. The van der Waals surface area contributed by atoms with Gasteiger partial charge in [-0.15, -0.1) is 16.8 Å². The van der Waals surface area contributed by atoms with Crippen molar-refractivity contribution in [2.45, 2.75) is 30.7 Å². The number of aromatic nitrogens is 2. The lowest BCUT2D eigenvalue weighted by molar-refractivity contribution is -0.122. The second-order valence-corrected chi connectivity index (χ2v) is 7.04. The van der Waals surface area contributed by atoms with Crippen molar-refractivity contribution in [1.82, 2.24) is 10.2 Å². The van der Waals surface area contributed by atoms with Crippen LogP contribution in [-0.4, -0.2) is 28.0 Å². The molecule has 0 aliphatic heterocycles. The lowest BCUT2D eigenvalue weighted by atomic mass is 10.2. The lowest BCUT2D eigenvalue weighted by Crippen LogP contribution is -2.32. The summed E-state index contributed by atoms with van der Waals surface area (Å²) in [7, 11) is 0. The van der Waals surface area contributed by atoms with Gasteiger partial charge in [-0.1, -0.05) is 48.2 Å². The van der Waals surface area contributed by atoms with Gasteiger partial charge in [-0.05, 0) is 31.0 Å². The van der Waals surface area contributed by atoms with Crippen LogP contribution in [0.15, 0.2) is 41.3 Å². The fourth-order valence-corrected chi connectivity index (χ4v) is 3.33. The molecule has 23 heavy (non-hydrogen) atoms. The first-order valence-corrected chi connectivity index (χ1v) is 9.04.